The topological polar surface area (TPSA) is 21.7 Å². The number of fused-ring (bicyclic) bond motifs is 1. The first kappa shape index (κ1) is 12.4. The van der Waals surface area contributed by atoms with Crippen molar-refractivity contribution < 1.29 is 9.47 Å². The minimum Gasteiger partial charge on any atom is -0.493 e. The third-order valence-corrected chi connectivity index (χ3v) is 3.39. The highest BCUT2D eigenvalue weighted by Gasteiger charge is 2.22. The summed E-state index contributed by atoms with van der Waals surface area (Å²) in [4.78, 5) is 0. The summed E-state index contributed by atoms with van der Waals surface area (Å²) in [6.07, 6.45) is 0.855. The van der Waals surface area contributed by atoms with Gasteiger partial charge < -0.3 is 9.47 Å². The van der Waals surface area contributed by atoms with Crippen molar-refractivity contribution in [1.82, 2.24) is 4.42 Å². The van der Waals surface area contributed by atoms with Crippen LogP contribution in [0.2, 0.25) is 0 Å². The molecule has 1 aromatic carbocycles. The Hall–Kier alpha value is -1.06. The normalized spacial score (nSPS) is 16.9. The number of hydrogen-bond acceptors (Lipinski definition) is 3. The molecule has 1 aliphatic heterocycles. The number of rotatable bonds is 2. The van der Waals surface area contributed by atoms with Gasteiger partial charge in [0.15, 0.2) is 11.5 Å². The lowest BCUT2D eigenvalue weighted by Gasteiger charge is -2.27. The van der Waals surface area contributed by atoms with E-state index in [9.17, 15) is 0 Å². The molecule has 0 atom stereocenters. The van der Waals surface area contributed by atoms with Crippen LogP contribution in [-0.4, -0.2) is 25.2 Å². The molecule has 0 N–H and O–H groups in total. The van der Waals surface area contributed by atoms with Crippen molar-refractivity contribution in [3.63, 3.8) is 0 Å². The molecule has 0 amide bonds. The van der Waals surface area contributed by atoms with Gasteiger partial charge in [-0.25, -0.2) is 0 Å². The van der Waals surface area contributed by atoms with E-state index in [1.54, 1.807) is 18.6 Å². The number of hydrogen-bond donors (Lipinski definition) is 0. The van der Waals surface area contributed by atoms with Crippen molar-refractivity contribution in [2.45, 2.75) is 6.42 Å². The summed E-state index contributed by atoms with van der Waals surface area (Å²) in [6, 6.07) is 3.87. The molecular weight excluding hydrogens is 261 g/mol. The van der Waals surface area contributed by atoms with Crippen LogP contribution in [-0.2, 0) is 6.42 Å². The van der Waals surface area contributed by atoms with Gasteiger partial charge in [-0.1, -0.05) is 11.6 Å². The lowest BCUT2D eigenvalue weighted by atomic mass is 9.98. The van der Waals surface area contributed by atoms with E-state index in [1.807, 2.05) is 12.1 Å². The number of nitrogens with zero attached hydrogens (tertiary/aromatic N) is 1. The van der Waals surface area contributed by atoms with E-state index in [4.69, 9.17) is 32.9 Å². The van der Waals surface area contributed by atoms with Crippen LogP contribution in [0, 0.1) is 0 Å². The summed E-state index contributed by atoms with van der Waals surface area (Å²) in [6.45, 7) is 0.725. The maximum Gasteiger partial charge on any atom is 0.161 e. The Morgan fingerprint density at radius 3 is 2.47 bits per heavy atom. The predicted molar refractivity (Wildman–Crippen MR) is 69.6 cm³/mol. The molecule has 0 saturated heterocycles. The maximum absolute atomic E-state index is 6.09. The van der Waals surface area contributed by atoms with Crippen LogP contribution in [0.1, 0.15) is 11.1 Å². The average Bonchev–Trinajstić information content (AvgIpc) is 2.37. The number of methoxy groups -OCH3 is 2. The molecular formula is C12H13Cl2NO2. The molecule has 1 aromatic rings. The highest BCUT2D eigenvalue weighted by molar-refractivity contribution is 6.30. The average molecular weight is 274 g/mol. The molecule has 2 rings (SSSR count). The Balaban J connectivity index is 2.56. The van der Waals surface area contributed by atoms with Crippen LogP contribution in [0.3, 0.4) is 0 Å². The summed E-state index contributed by atoms with van der Waals surface area (Å²) in [5.74, 6) is 1.40. The van der Waals surface area contributed by atoms with Crippen molar-refractivity contribution >= 4 is 29.1 Å². The fourth-order valence-corrected chi connectivity index (χ4v) is 2.46. The molecule has 3 nitrogen and oxygen atoms in total. The Bertz CT molecular complexity index is 460. The Kier molecular flexibility index (Phi) is 3.69. The lowest BCUT2D eigenvalue weighted by Crippen LogP contribution is -2.21. The van der Waals surface area contributed by atoms with Gasteiger partial charge in [-0.15, -0.1) is 0 Å². The van der Waals surface area contributed by atoms with Crippen molar-refractivity contribution in [1.29, 1.82) is 0 Å². The zero-order valence-electron chi connectivity index (χ0n) is 9.67. The molecule has 5 heteroatoms. The van der Waals surface area contributed by atoms with Crippen LogP contribution in [0.5, 0.6) is 11.5 Å². The molecule has 92 valence electrons. The minimum absolute atomic E-state index is 0.675. The molecule has 0 aliphatic carbocycles. The standard InChI is InChI=1S/C12H13Cl2NO2/c1-16-11-5-8-3-4-15(14)10(7-13)9(8)6-12(11)17-2/h5-7H,3-4H2,1-2H3. The third-order valence-electron chi connectivity index (χ3n) is 2.83. The fourth-order valence-electron chi connectivity index (χ4n) is 1.95. The van der Waals surface area contributed by atoms with Gasteiger partial charge in [-0.3, -0.25) is 4.42 Å². The minimum atomic E-state index is 0.675. The van der Waals surface area contributed by atoms with Crippen LogP contribution in [0.25, 0.3) is 5.70 Å². The summed E-state index contributed by atoms with van der Waals surface area (Å²) < 4.78 is 12.2. The van der Waals surface area contributed by atoms with E-state index in [2.05, 4.69) is 0 Å². The van der Waals surface area contributed by atoms with Gasteiger partial charge in [0.05, 0.1) is 19.9 Å². The van der Waals surface area contributed by atoms with Gasteiger partial charge in [0, 0.05) is 29.4 Å². The molecule has 1 heterocycles. The van der Waals surface area contributed by atoms with Crippen molar-refractivity contribution in [2.24, 2.45) is 0 Å². The first-order chi connectivity index (χ1) is 8.21. The predicted octanol–water partition coefficient (Wildman–Crippen LogP) is 3.25. The summed E-state index contributed by atoms with van der Waals surface area (Å²) >= 11 is 11.9. The molecule has 0 bridgehead atoms. The van der Waals surface area contributed by atoms with E-state index in [-0.39, 0.29) is 0 Å². The van der Waals surface area contributed by atoms with E-state index in [0.717, 1.165) is 35.5 Å². The Labute approximate surface area is 111 Å². The van der Waals surface area contributed by atoms with Crippen molar-refractivity contribution in [3.05, 3.63) is 28.8 Å². The summed E-state index contributed by atoms with van der Waals surface area (Å²) in [7, 11) is 3.23. The van der Waals surface area contributed by atoms with Crippen LogP contribution < -0.4 is 9.47 Å². The number of halogens is 2. The molecule has 0 spiro atoms. The molecule has 0 radical (unpaired) electrons. The summed E-state index contributed by atoms with van der Waals surface area (Å²) in [5, 5.41) is 0. The van der Waals surface area contributed by atoms with Gasteiger partial charge in [-0.05, 0) is 24.1 Å². The number of ether oxygens (including phenoxy) is 2. The molecule has 0 aromatic heterocycles. The van der Waals surface area contributed by atoms with E-state index < -0.39 is 0 Å². The monoisotopic (exact) mass is 273 g/mol. The SMILES string of the molecule is COc1cc2c(cc1OC)C(=CCl)N(Cl)CC2. The number of benzene rings is 1. The Morgan fingerprint density at radius 2 is 1.88 bits per heavy atom. The van der Waals surface area contributed by atoms with Gasteiger partial charge in [0.25, 0.3) is 0 Å². The van der Waals surface area contributed by atoms with Crippen LogP contribution in [0.4, 0.5) is 0 Å². The van der Waals surface area contributed by atoms with Crippen LogP contribution >= 0.6 is 23.4 Å². The van der Waals surface area contributed by atoms with Gasteiger partial charge >= 0.3 is 0 Å². The second-order valence-corrected chi connectivity index (χ2v) is 4.32. The molecule has 17 heavy (non-hydrogen) atoms. The van der Waals surface area contributed by atoms with E-state index in [1.165, 1.54) is 5.54 Å². The van der Waals surface area contributed by atoms with Crippen molar-refractivity contribution in [3.8, 4) is 11.5 Å². The first-order valence-corrected chi connectivity index (χ1v) is 5.97. The quantitative estimate of drug-likeness (QED) is 0.773. The van der Waals surface area contributed by atoms with Gasteiger partial charge in [-0.2, -0.15) is 0 Å². The smallest absolute Gasteiger partial charge is 0.161 e. The van der Waals surface area contributed by atoms with Gasteiger partial charge in [0.2, 0.25) is 0 Å². The van der Waals surface area contributed by atoms with Crippen LogP contribution in [0.15, 0.2) is 17.7 Å². The lowest BCUT2D eigenvalue weighted by molar-refractivity contribution is 0.354. The molecule has 0 fully saturated rings. The second-order valence-electron chi connectivity index (χ2n) is 3.69. The highest BCUT2D eigenvalue weighted by atomic mass is 35.5. The fraction of sp³-hybridized carbons (Fsp3) is 0.333. The zero-order chi connectivity index (χ0) is 12.4. The van der Waals surface area contributed by atoms with E-state index in [0.29, 0.717) is 5.75 Å². The highest BCUT2D eigenvalue weighted by Crippen LogP contribution is 2.38. The Morgan fingerprint density at radius 1 is 1.24 bits per heavy atom. The summed E-state index contributed by atoms with van der Waals surface area (Å²) in [5.41, 5.74) is 4.41. The molecule has 0 saturated carbocycles. The molecule has 0 unspecified atom stereocenters. The maximum atomic E-state index is 6.09. The molecule has 1 aliphatic rings. The largest absolute Gasteiger partial charge is 0.493 e. The third kappa shape index (κ3) is 2.17. The second kappa shape index (κ2) is 5.07. The first-order valence-electron chi connectivity index (χ1n) is 5.20. The zero-order valence-corrected chi connectivity index (χ0v) is 11.2. The van der Waals surface area contributed by atoms with Crippen molar-refractivity contribution in [2.75, 3.05) is 20.8 Å². The van der Waals surface area contributed by atoms with Gasteiger partial charge in [0.1, 0.15) is 0 Å². The van der Waals surface area contributed by atoms with E-state index >= 15 is 0 Å².